The zero-order chi connectivity index (χ0) is 12.8. The number of anilines is 1. The largest absolute Gasteiger partial charge is 0.508 e. The topological polar surface area (TPSA) is 75.4 Å². The molecule has 0 saturated carbocycles. The van der Waals surface area contributed by atoms with Crippen molar-refractivity contribution in [1.29, 1.82) is 0 Å². The van der Waals surface area contributed by atoms with Crippen LogP contribution in [0.25, 0.3) is 0 Å². The van der Waals surface area contributed by atoms with Crippen molar-refractivity contribution in [2.45, 2.75) is 19.4 Å². The van der Waals surface area contributed by atoms with Gasteiger partial charge in [0, 0.05) is 5.69 Å². The van der Waals surface area contributed by atoms with Crippen molar-refractivity contribution in [2.24, 2.45) is 5.73 Å². The number of aryl methyl sites for hydroxylation is 1. The van der Waals surface area contributed by atoms with Gasteiger partial charge < -0.3 is 16.2 Å². The lowest BCUT2D eigenvalue weighted by molar-refractivity contribution is -0.117. The molecule has 17 heavy (non-hydrogen) atoms. The second-order valence-electron chi connectivity index (χ2n) is 3.88. The van der Waals surface area contributed by atoms with E-state index in [9.17, 15) is 9.90 Å². The van der Waals surface area contributed by atoms with Crippen LogP contribution in [0.15, 0.2) is 18.2 Å². The summed E-state index contributed by atoms with van der Waals surface area (Å²) in [5.41, 5.74) is 7.26. The number of nitrogens with one attached hydrogen (secondary N) is 1. The fraction of sp³-hybridized carbons (Fsp3) is 0.417. The number of nitrogens with two attached hydrogens (primary N) is 1. The van der Waals surface area contributed by atoms with Crippen LogP contribution in [0.3, 0.4) is 0 Å². The van der Waals surface area contributed by atoms with Crippen LogP contribution in [0, 0.1) is 6.92 Å². The van der Waals surface area contributed by atoms with E-state index in [4.69, 9.17) is 5.73 Å². The van der Waals surface area contributed by atoms with E-state index >= 15 is 0 Å². The number of hydrogen-bond acceptors (Lipinski definition) is 4. The first kappa shape index (κ1) is 13.9. The fourth-order valence-corrected chi connectivity index (χ4v) is 1.88. The van der Waals surface area contributed by atoms with E-state index in [2.05, 4.69) is 5.32 Å². The summed E-state index contributed by atoms with van der Waals surface area (Å²) in [6.45, 7) is 1.82. The van der Waals surface area contributed by atoms with Crippen LogP contribution in [0.2, 0.25) is 0 Å². The minimum Gasteiger partial charge on any atom is -0.508 e. The standard InChI is InChI=1S/C12H18N2O2S/c1-8-7-9(15)3-4-11(8)14-12(16)10(13)5-6-17-2/h3-4,7,10,15H,5-6,13H2,1-2H3,(H,14,16)/t10-/m1/s1. The van der Waals surface area contributed by atoms with Gasteiger partial charge in [-0.2, -0.15) is 11.8 Å². The van der Waals surface area contributed by atoms with Crippen molar-refractivity contribution < 1.29 is 9.90 Å². The zero-order valence-electron chi connectivity index (χ0n) is 10.1. The van der Waals surface area contributed by atoms with E-state index in [1.165, 1.54) is 6.07 Å². The molecule has 1 aromatic rings. The number of benzene rings is 1. The molecule has 0 radical (unpaired) electrons. The lowest BCUT2D eigenvalue weighted by atomic mass is 10.1. The van der Waals surface area contributed by atoms with E-state index in [1.807, 2.05) is 13.2 Å². The summed E-state index contributed by atoms with van der Waals surface area (Å²) >= 11 is 1.67. The molecule has 4 nitrogen and oxygen atoms in total. The minimum atomic E-state index is -0.490. The molecule has 1 aromatic carbocycles. The molecule has 0 aromatic heterocycles. The van der Waals surface area contributed by atoms with Gasteiger partial charge in [0.25, 0.3) is 0 Å². The number of phenolic OH excluding ortho intramolecular Hbond substituents is 1. The Morgan fingerprint density at radius 1 is 1.59 bits per heavy atom. The van der Waals surface area contributed by atoms with E-state index in [0.717, 1.165) is 11.3 Å². The molecule has 0 aliphatic carbocycles. The van der Waals surface area contributed by atoms with Crippen molar-refractivity contribution in [3.63, 3.8) is 0 Å². The van der Waals surface area contributed by atoms with Crippen LogP contribution < -0.4 is 11.1 Å². The molecule has 0 spiro atoms. The highest BCUT2D eigenvalue weighted by Gasteiger charge is 2.13. The molecule has 1 amide bonds. The summed E-state index contributed by atoms with van der Waals surface area (Å²) in [6.07, 6.45) is 2.64. The molecule has 4 N–H and O–H groups in total. The van der Waals surface area contributed by atoms with Crippen LogP contribution in [-0.2, 0) is 4.79 Å². The summed E-state index contributed by atoms with van der Waals surface area (Å²) < 4.78 is 0. The number of aromatic hydroxyl groups is 1. The van der Waals surface area contributed by atoms with Crippen LogP contribution in [0.5, 0.6) is 5.75 Å². The zero-order valence-corrected chi connectivity index (χ0v) is 10.9. The van der Waals surface area contributed by atoms with Gasteiger partial charge in [0.15, 0.2) is 0 Å². The molecule has 1 atom stereocenters. The van der Waals surface area contributed by atoms with Gasteiger partial charge >= 0.3 is 0 Å². The molecule has 0 bridgehead atoms. The highest BCUT2D eigenvalue weighted by atomic mass is 32.2. The number of rotatable bonds is 5. The SMILES string of the molecule is CSCC[C@@H](N)C(=O)Nc1ccc(O)cc1C. The average Bonchev–Trinajstić information content (AvgIpc) is 2.29. The van der Waals surface area contributed by atoms with Crippen LogP contribution in [-0.4, -0.2) is 29.1 Å². The molecule has 0 fully saturated rings. The Bertz CT molecular complexity index is 396. The monoisotopic (exact) mass is 254 g/mol. The first-order valence-corrected chi connectivity index (χ1v) is 6.79. The molecule has 94 valence electrons. The number of thioether (sulfide) groups is 1. The Kier molecular flexibility index (Phi) is 5.31. The highest BCUT2D eigenvalue weighted by molar-refractivity contribution is 7.98. The van der Waals surface area contributed by atoms with E-state index < -0.39 is 6.04 Å². The van der Waals surface area contributed by atoms with E-state index in [-0.39, 0.29) is 11.7 Å². The van der Waals surface area contributed by atoms with Crippen molar-refractivity contribution in [3.05, 3.63) is 23.8 Å². The van der Waals surface area contributed by atoms with Crippen molar-refractivity contribution in [2.75, 3.05) is 17.3 Å². The Morgan fingerprint density at radius 2 is 2.29 bits per heavy atom. The molecule has 5 heteroatoms. The average molecular weight is 254 g/mol. The predicted molar refractivity (Wildman–Crippen MR) is 72.4 cm³/mol. The fourth-order valence-electron chi connectivity index (χ4n) is 1.39. The van der Waals surface area contributed by atoms with Gasteiger partial charge in [-0.1, -0.05) is 0 Å². The first-order valence-electron chi connectivity index (χ1n) is 5.39. The smallest absolute Gasteiger partial charge is 0.241 e. The van der Waals surface area contributed by atoms with Gasteiger partial charge in [0.1, 0.15) is 5.75 Å². The van der Waals surface area contributed by atoms with Gasteiger partial charge in [-0.05, 0) is 49.1 Å². The second kappa shape index (κ2) is 6.51. The Labute approximate surface area is 106 Å². The number of phenols is 1. The van der Waals surface area contributed by atoms with Crippen molar-refractivity contribution in [1.82, 2.24) is 0 Å². The summed E-state index contributed by atoms with van der Waals surface area (Å²) in [5.74, 6) is 0.864. The number of amides is 1. The molecular formula is C12H18N2O2S. The first-order chi connectivity index (χ1) is 8.04. The predicted octanol–water partition coefficient (Wildman–Crippen LogP) is 1.72. The third kappa shape index (κ3) is 4.28. The molecule has 0 unspecified atom stereocenters. The quantitative estimate of drug-likeness (QED) is 0.699. The molecular weight excluding hydrogens is 236 g/mol. The van der Waals surface area contributed by atoms with E-state index in [0.29, 0.717) is 12.1 Å². The van der Waals surface area contributed by atoms with Crippen molar-refractivity contribution >= 4 is 23.4 Å². The Morgan fingerprint density at radius 3 is 2.88 bits per heavy atom. The molecule has 0 saturated heterocycles. The Hall–Kier alpha value is -1.20. The van der Waals surface area contributed by atoms with Crippen molar-refractivity contribution in [3.8, 4) is 5.75 Å². The van der Waals surface area contributed by atoms with Gasteiger partial charge in [0.2, 0.25) is 5.91 Å². The maximum Gasteiger partial charge on any atom is 0.241 e. The molecule has 0 aliphatic rings. The summed E-state index contributed by atoms with van der Waals surface area (Å²) in [4.78, 5) is 11.7. The van der Waals surface area contributed by atoms with Gasteiger partial charge in [0.05, 0.1) is 6.04 Å². The van der Waals surface area contributed by atoms with Gasteiger partial charge in [-0.15, -0.1) is 0 Å². The minimum absolute atomic E-state index is 0.187. The maximum atomic E-state index is 11.7. The summed E-state index contributed by atoms with van der Waals surface area (Å²) in [5, 5.41) is 12.0. The van der Waals surface area contributed by atoms with Crippen LogP contribution >= 0.6 is 11.8 Å². The third-order valence-electron chi connectivity index (χ3n) is 2.44. The highest BCUT2D eigenvalue weighted by Crippen LogP contribution is 2.20. The molecule has 1 rings (SSSR count). The molecule has 0 aliphatic heterocycles. The third-order valence-corrected chi connectivity index (χ3v) is 3.08. The molecule has 0 heterocycles. The lowest BCUT2D eigenvalue weighted by Crippen LogP contribution is -2.36. The van der Waals surface area contributed by atoms with Crippen LogP contribution in [0.1, 0.15) is 12.0 Å². The number of hydrogen-bond donors (Lipinski definition) is 3. The van der Waals surface area contributed by atoms with E-state index in [1.54, 1.807) is 23.9 Å². The normalized spacial score (nSPS) is 12.2. The lowest BCUT2D eigenvalue weighted by Gasteiger charge is -2.13. The van der Waals surface area contributed by atoms with Crippen LogP contribution in [0.4, 0.5) is 5.69 Å². The van der Waals surface area contributed by atoms with Gasteiger partial charge in [-0.25, -0.2) is 0 Å². The summed E-state index contributed by atoms with van der Waals surface area (Å²) in [7, 11) is 0. The maximum absolute atomic E-state index is 11.7. The van der Waals surface area contributed by atoms with Gasteiger partial charge in [-0.3, -0.25) is 4.79 Å². The summed E-state index contributed by atoms with van der Waals surface area (Å²) in [6, 6.07) is 4.32. The number of carbonyl (C=O) groups is 1. The Balaban J connectivity index is 2.61. The second-order valence-corrected chi connectivity index (χ2v) is 4.86. The number of carbonyl (C=O) groups excluding carboxylic acids is 1.